The van der Waals surface area contributed by atoms with Crippen LogP contribution in [0.2, 0.25) is 0 Å². The Bertz CT molecular complexity index is 259. The zero-order valence-corrected chi connectivity index (χ0v) is 9.09. The molecule has 5 N–H and O–H groups in total. The van der Waals surface area contributed by atoms with Crippen molar-refractivity contribution in [1.29, 1.82) is 0 Å². The molecule has 0 saturated carbocycles. The summed E-state index contributed by atoms with van der Waals surface area (Å²) in [7, 11) is 0. The minimum atomic E-state index is -1.00. The molecule has 1 atom stereocenters. The van der Waals surface area contributed by atoms with Crippen LogP contribution in [0.5, 0.6) is 0 Å². The molecule has 0 spiro atoms. The molecule has 1 aliphatic heterocycles. The minimum absolute atomic E-state index is 0.203. The number of nitrogens with two attached hydrogens (primary N) is 1. The summed E-state index contributed by atoms with van der Waals surface area (Å²) < 4.78 is 0. The van der Waals surface area contributed by atoms with Crippen molar-refractivity contribution >= 4 is 11.8 Å². The largest absolute Gasteiger partial charge is 0.368 e. The SMILES string of the molecule is CC(C)(NC(=O)C1CNCCN1)C(N)=O. The number of hydrogen-bond acceptors (Lipinski definition) is 4. The predicted octanol–water partition coefficient (Wildman–Crippen LogP) is -2.07. The van der Waals surface area contributed by atoms with Gasteiger partial charge in [-0.2, -0.15) is 0 Å². The zero-order valence-electron chi connectivity index (χ0n) is 9.09. The molecule has 2 amide bonds. The second-order valence-electron chi connectivity index (χ2n) is 4.19. The lowest BCUT2D eigenvalue weighted by Crippen LogP contribution is -2.61. The van der Waals surface area contributed by atoms with Gasteiger partial charge >= 0.3 is 0 Å². The number of piperazine rings is 1. The third-order valence-electron chi connectivity index (χ3n) is 2.41. The number of carbonyl (C=O) groups excluding carboxylic acids is 2. The highest BCUT2D eigenvalue weighted by Gasteiger charge is 2.30. The zero-order chi connectivity index (χ0) is 11.5. The van der Waals surface area contributed by atoms with E-state index >= 15 is 0 Å². The Kier molecular flexibility index (Phi) is 3.65. The maximum Gasteiger partial charge on any atom is 0.242 e. The van der Waals surface area contributed by atoms with Crippen LogP contribution in [0.25, 0.3) is 0 Å². The molecule has 1 rings (SSSR count). The fraction of sp³-hybridized carbons (Fsp3) is 0.778. The molecule has 0 bridgehead atoms. The molecular formula is C9H18N4O2. The van der Waals surface area contributed by atoms with E-state index in [0.717, 1.165) is 13.1 Å². The molecule has 1 fully saturated rings. The van der Waals surface area contributed by atoms with Gasteiger partial charge in [-0.15, -0.1) is 0 Å². The summed E-state index contributed by atoms with van der Waals surface area (Å²) in [6.07, 6.45) is 0. The Hall–Kier alpha value is -1.14. The van der Waals surface area contributed by atoms with Crippen molar-refractivity contribution in [3.63, 3.8) is 0 Å². The van der Waals surface area contributed by atoms with Gasteiger partial charge in [0.15, 0.2) is 0 Å². The maximum atomic E-state index is 11.7. The number of hydrogen-bond donors (Lipinski definition) is 4. The van der Waals surface area contributed by atoms with E-state index in [2.05, 4.69) is 16.0 Å². The van der Waals surface area contributed by atoms with Crippen LogP contribution in [0.4, 0.5) is 0 Å². The van der Waals surface area contributed by atoms with Gasteiger partial charge in [0.1, 0.15) is 5.54 Å². The van der Waals surface area contributed by atoms with Crippen LogP contribution in [0.1, 0.15) is 13.8 Å². The molecule has 0 aromatic rings. The van der Waals surface area contributed by atoms with E-state index in [1.807, 2.05) is 0 Å². The highest BCUT2D eigenvalue weighted by molar-refractivity contribution is 5.91. The van der Waals surface area contributed by atoms with Gasteiger partial charge in [-0.05, 0) is 13.8 Å². The highest BCUT2D eigenvalue weighted by Crippen LogP contribution is 2.01. The summed E-state index contributed by atoms with van der Waals surface area (Å²) >= 11 is 0. The van der Waals surface area contributed by atoms with E-state index in [0.29, 0.717) is 6.54 Å². The first-order chi connectivity index (χ1) is 6.93. The predicted molar refractivity (Wildman–Crippen MR) is 56.1 cm³/mol. The Morgan fingerprint density at radius 1 is 1.40 bits per heavy atom. The summed E-state index contributed by atoms with van der Waals surface area (Å²) in [6, 6.07) is -0.294. The molecule has 0 aliphatic carbocycles. The van der Waals surface area contributed by atoms with Crippen LogP contribution in [-0.4, -0.2) is 43.0 Å². The minimum Gasteiger partial charge on any atom is -0.368 e. The first-order valence-electron chi connectivity index (χ1n) is 4.99. The van der Waals surface area contributed by atoms with Crippen molar-refractivity contribution in [2.75, 3.05) is 19.6 Å². The summed E-state index contributed by atoms with van der Waals surface area (Å²) in [5.41, 5.74) is 4.15. The first-order valence-corrected chi connectivity index (χ1v) is 4.99. The van der Waals surface area contributed by atoms with Crippen LogP contribution in [-0.2, 0) is 9.59 Å². The first kappa shape index (κ1) is 11.9. The van der Waals surface area contributed by atoms with E-state index in [9.17, 15) is 9.59 Å². The Morgan fingerprint density at radius 3 is 2.53 bits per heavy atom. The molecular weight excluding hydrogens is 196 g/mol. The van der Waals surface area contributed by atoms with Gasteiger partial charge in [0.25, 0.3) is 0 Å². The van der Waals surface area contributed by atoms with Crippen LogP contribution >= 0.6 is 0 Å². The van der Waals surface area contributed by atoms with E-state index in [4.69, 9.17) is 5.73 Å². The molecule has 0 aromatic carbocycles. The Balaban J connectivity index is 2.50. The smallest absolute Gasteiger partial charge is 0.242 e. The van der Waals surface area contributed by atoms with Crippen molar-refractivity contribution < 1.29 is 9.59 Å². The van der Waals surface area contributed by atoms with Crippen molar-refractivity contribution in [3.05, 3.63) is 0 Å². The van der Waals surface area contributed by atoms with Gasteiger partial charge in [0.05, 0.1) is 6.04 Å². The second-order valence-corrected chi connectivity index (χ2v) is 4.19. The Morgan fingerprint density at radius 2 is 2.07 bits per heavy atom. The van der Waals surface area contributed by atoms with E-state index in [1.54, 1.807) is 13.8 Å². The Labute approximate surface area is 89.0 Å². The van der Waals surface area contributed by atoms with Gasteiger partial charge in [0.2, 0.25) is 11.8 Å². The number of rotatable bonds is 3. The molecule has 0 aromatic heterocycles. The quantitative estimate of drug-likeness (QED) is 0.434. The molecule has 6 heteroatoms. The van der Waals surface area contributed by atoms with Gasteiger partial charge < -0.3 is 21.7 Å². The number of carbonyl (C=O) groups is 2. The number of nitrogens with one attached hydrogen (secondary N) is 3. The fourth-order valence-electron chi connectivity index (χ4n) is 1.30. The average molecular weight is 214 g/mol. The summed E-state index contributed by atoms with van der Waals surface area (Å²) in [5.74, 6) is -0.745. The number of primary amides is 1. The normalized spacial score (nSPS) is 22.1. The van der Waals surface area contributed by atoms with Crippen LogP contribution in [0.3, 0.4) is 0 Å². The van der Waals surface area contributed by atoms with Crippen LogP contribution in [0.15, 0.2) is 0 Å². The average Bonchev–Trinajstić information content (AvgIpc) is 2.18. The standard InChI is InChI=1S/C9H18N4O2/c1-9(2,8(10)15)13-7(14)6-5-11-3-4-12-6/h6,11-12H,3-5H2,1-2H3,(H2,10,15)(H,13,14). The lowest BCUT2D eigenvalue weighted by Gasteiger charge is -2.28. The highest BCUT2D eigenvalue weighted by atomic mass is 16.2. The van der Waals surface area contributed by atoms with Crippen molar-refractivity contribution in [3.8, 4) is 0 Å². The van der Waals surface area contributed by atoms with Crippen molar-refractivity contribution in [2.45, 2.75) is 25.4 Å². The van der Waals surface area contributed by atoms with Crippen molar-refractivity contribution in [2.24, 2.45) is 5.73 Å². The summed E-state index contributed by atoms with van der Waals surface area (Å²) in [4.78, 5) is 22.7. The van der Waals surface area contributed by atoms with Gasteiger partial charge in [-0.3, -0.25) is 9.59 Å². The molecule has 1 saturated heterocycles. The van der Waals surface area contributed by atoms with Crippen molar-refractivity contribution in [1.82, 2.24) is 16.0 Å². The van der Waals surface area contributed by atoms with Crippen LogP contribution in [0, 0.1) is 0 Å². The van der Waals surface area contributed by atoms with E-state index in [-0.39, 0.29) is 11.9 Å². The third kappa shape index (κ3) is 3.17. The lowest BCUT2D eigenvalue weighted by molar-refractivity contribution is -0.131. The molecule has 15 heavy (non-hydrogen) atoms. The van der Waals surface area contributed by atoms with Gasteiger partial charge in [-0.1, -0.05) is 0 Å². The van der Waals surface area contributed by atoms with E-state index in [1.165, 1.54) is 0 Å². The topological polar surface area (TPSA) is 96.2 Å². The lowest BCUT2D eigenvalue weighted by atomic mass is 10.0. The van der Waals surface area contributed by atoms with E-state index < -0.39 is 11.4 Å². The molecule has 1 aliphatic rings. The van der Waals surface area contributed by atoms with Gasteiger partial charge in [-0.25, -0.2) is 0 Å². The molecule has 1 heterocycles. The summed E-state index contributed by atoms with van der Waals surface area (Å²) in [6.45, 7) is 5.34. The molecule has 6 nitrogen and oxygen atoms in total. The monoisotopic (exact) mass is 214 g/mol. The number of amides is 2. The molecule has 0 radical (unpaired) electrons. The molecule has 86 valence electrons. The summed E-state index contributed by atoms with van der Waals surface area (Å²) in [5, 5.41) is 8.75. The third-order valence-corrected chi connectivity index (χ3v) is 2.41. The van der Waals surface area contributed by atoms with Gasteiger partial charge in [0, 0.05) is 19.6 Å². The fourth-order valence-corrected chi connectivity index (χ4v) is 1.30. The molecule has 1 unspecified atom stereocenters. The van der Waals surface area contributed by atoms with Crippen LogP contribution < -0.4 is 21.7 Å². The maximum absolute atomic E-state index is 11.7. The second kappa shape index (κ2) is 4.59.